The Balaban J connectivity index is 1.21. The van der Waals surface area contributed by atoms with E-state index in [0.29, 0.717) is 0 Å². The number of hydrogen-bond donors (Lipinski definition) is 3. The zero-order valence-electron chi connectivity index (χ0n) is 27.1. The first kappa shape index (κ1) is 29.6. The first-order chi connectivity index (χ1) is 24.3. The van der Waals surface area contributed by atoms with Gasteiger partial charge in [0.15, 0.2) is 0 Å². The molecule has 2 atom stereocenters. The molecule has 9 rings (SSSR count). The summed E-state index contributed by atoms with van der Waals surface area (Å²) in [5.41, 5.74) is 13.4. The van der Waals surface area contributed by atoms with Gasteiger partial charge in [-0.3, -0.25) is 16.0 Å². The highest BCUT2D eigenvalue weighted by molar-refractivity contribution is 5.88. The van der Waals surface area contributed by atoms with E-state index in [1.807, 2.05) is 0 Å². The smallest absolute Gasteiger partial charge is 0.0870 e. The molecule has 0 aromatic heterocycles. The maximum absolute atomic E-state index is 3.91. The van der Waals surface area contributed by atoms with Gasteiger partial charge in [0.2, 0.25) is 0 Å². The fourth-order valence-corrected chi connectivity index (χ4v) is 8.12. The van der Waals surface area contributed by atoms with Gasteiger partial charge >= 0.3 is 0 Å². The van der Waals surface area contributed by atoms with Gasteiger partial charge in [-0.25, -0.2) is 0 Å². The molecule has 0 spiro atoms. The monoisotopic (exact) mass is 631 g/mol. The van der Waals surface area contributed by atoms with Crippen molar-refractivity contribution in [3.8, 4) is 22.3 Å². The Kier molecular flexibility index (Phi) is 7.52. The Morgan fingerprint density at radius 2 is 0.796 bits per heavy atom. The molecule has 3 N–H and O–H groups in total. The zero-order valence-corrected chi connectivity index (χ0v) is 27.1. The predicted molar refractivity (Wildman–Crippen MR) is 200 cm³/mol. The van der Waals surface area contributed by atoms with Crippen molar-refractivity contribution in [2.45, 2.75) is 23.9 Å². The van der Waals surface area contributed by atoms with Gasteiger partial charge in [0.05, 0.1) is 23.9 Å². The number of fused-ring (bicyclic) bond motifs is 3. The summed E-state index contributed by atoms with van der Waals surface area (Å²) in [5, 5.41) is 11.6. The molecule has 49 heavy (non-hydrogen) atoms. The molecule has 7 aromatic carbocycles. The Labute approximate surface area is 288 Å². The molecular weight excluding hydrogens is 595 g/mol. The van der Waals surface area contributed by atoms with E-state index in [9.17, 15) is 0 Å². The molecule has 0 amide bonds. The molecule has 2 unspecified atom stereocenters. The maximum Gasteiger partial charge on any atom is 0.0870 e. The van der Waals surface area contributed by atoms with Gasteiger partial charge in [-0.05, 0) is 67.3 Å². The first-order valence-electron chi connectivity index (χ1n) is 17.1. The zero-order chi connectivity index (χ0) is 32.6. The fraction of sp³-hybridized carbons (Fsp3) is 0.0870. The molecule has 1 fully saturated rings. The van der Waals surface area contributed by atoms with Gasteiger partial charge in [0, 0.05) is 0 Å². The van der Waals surface area contributed by atoms with Crippen molar-refractivity contribution >= 4 is 0 Å². The topological polar surface area (TPSA) is 36.1 Å². The second kappa shape index (κ2) is 12.5. The van der Waals surface area contributed by atoms with Crippen molar-refractivity contribution in [1.29, 1.82) is 0 Å². The molecular formula is C46H37N3. The molecule has 2 aliphatic rings. The lowest BCUT2D eigenvalue weighted by Crippen LogP contribution is -2.54. The van der Waals surface area contributed by atoms with Crippen LogP contribution in [0.1, 0.15) is 57.4 Å². The summed E-state index contributed by atoms with van der Waals surface area (Å²) in [6.07, 6.45) is -0.181. The Hall–Kier alpha value is -5.58. The van der Waals surface area contributed by atoms with Crippen LogP contribution < -0.4 is 16.0 Å². The Bertz CT molecular complexity index is 2130. The second-order valence-corrected chi connectivity index (χ2v) is 13.0. The number of rotatable bonds is 6. The average molecular weight is 632 g/mol. The minimum atomic E-state index is -0.443. The van der Waals surface area contributed by atoms with Crippen LogP contribution in [-0.2, 0) is 5.41 Å². The van der Waals surface area contributed by atoms with Crippen LogP contribution in [0, 0.1) is 0 Å². The Morgan fingerprint density at radius 3 is 1.39 bits per heavy atom. The van der Waals surface area contributed by atoms with E-state index in [1.54, 1.807) is 0 Å². The van der Waals surface area contributed by atoms with Crippen LogP contribution in [0.5, 0.6) is 0 Å². The summed E-state index contributed by atoms with van der Waals surface area (Å²) in [7, 11) is 0. The molecule has 3 heteroatoms. The molecule has 0 radical (unpaired) electrons. The lowest BCUT2D eigenvalue weighted by Gasteiger charge is -2.40. The van der Waals surface area contributed by atoms with Crippen LogP contribution in [0.2, 0.25) is 0 Å². The predicted octanol–water partition coefficient (Wildman–Crippen LogP) is 9.90. The third-order valence-electron chi connectivity index (χ3n) is 10.3. The van der Waals surface area contributed by atoms with Gasteiger partial charge < -0.3 is 0 Å². The van der Waals surface area contributed by atoms with E-state index in [0.717, 1.165) is 0 Å². The number of nitrogens with one attached hydrogen (secondary N) is 3. The van der Waals surface area contributed by atoms with Gasteiger partial charge in [-0.2, -0.15) is 0 Å². The largest absolute Gasteiger partial charge is 0.279 e. The van der Waals surface area contributed by atoms with Crippen molar-refractivity contribution in [3.05, 3.63) is 227 Å². The Morgan fingerprint density at radius 1 is 0.347 bits per heavy atom. The third-order valence-corrected chi connectivity index (χ3v) is 10.3. The lowest BCUT2D eigenvalue weighted by molar-refractivity contribution is 0.203. The molecule has 0 bridgehead atoms. The molecule has 236 valence electrons. The minimum Gasteiger partial charge on any atom is -0.279 e. The minimum absolute atomic E-state index is 0.0379. The van der Waals surface area contributed by atoms with Gasteiger partial charge in [-0.15, -0.1) is 0 Å². The van der Waals surface area contributed by atoms with Crippen molar-refractivity contribution < 1.29 is 0 Å². The fourth-order valence-electron chi connectivity index (χ4n) is 8.12. The van der Waals surface area contributed by atoms with E-state index in [2.05, 4.69) is 204 Å². The second-order valence-electron chi connectivity index (χ2n) is 13.0. The first-order valence-corrected chi connectivity index (χ1v) is 17.1. The molecule has 0 saturated carbocycles. The van der Waals surface area contributed by atoms with Gasteiger partial charge in [0.25, 0.3) is 0 Å². The number of hydrogen-bond acceptors (Lipinski definition) is 3. The average Bonchev–Trinajstić information content (AvgIpc) is 3.49. The SMILES string of the molecule is c1ccc(C2NC(c3ccccc3)NC(c3ccccc3-c3ccc4c(c3)C(c3ccccc3)(c3ccccc3)c3ccccc3-4)N2)cc1. The summed E-state index contributed by atoms with van der Waals surface area (Å²) in [4.78, 5) is 0. The molecule has 1 heterocycles. The van der Waals surface area contributed by atoms with Crippen molar-refractivity contribution in [1.82, 2.24) is 16.0 Å². The standard InChI is InChI=1S/C46H37N3/c1-5-17-32(18-6-1)43-47-44(33-19-7-2-8-20-33)49-45(48-43)40-27-14-13-25-37(40)34-29-30-39-38-26-15-16-28-41(38)46(42(39)31-34,35-21-9-3-10-22-35)36-23-11-4-12-24-36/h1-31,43-45,47-49H. The summed E-state index contributed by atoms with van der Waals surface area (Å²) in [6, 6.07) is 68.3. The summed E-state index contributed by atoms with van der Waals surface area (Å²) in [6.45, 7) is 0. The van der Waals surface area contributed by atoms with Crippen LogP contribution in [0.25, 0.3) is 22.3 Å². The van der Waals surface area contributed by atoms with Crippen LogP contribution in [0.3, 0.4) is 0 Å². The summed E-state index contributed by atoms with van der Waals surface area (Å²) in [5.74, 6) is 0. The lowest BCUT2D eigenvalue weighted by atomic mass is 9.67. The summed E-state index contributed by atoms with van der Waals surface area (Å²) < 4.78 is 0. The highest BCUT2D eigenvalue weighted by Gasteiger charge is 2.46. The molecule has 1 aliphatic carbocycles. The molecule has 1 aliphatic heterocycles. The van der Waals surface area contributed by atoms with Gasteiger partial charge in [-0.1, -0.05) is 182 Å². The molecule has 1 saturated heterocycles. The van der Waals surface area contributed by atoms with E-state index in [-0.39, 0.29) is 18.5 Å². The van der Waals surface area contributed by atoms with Crippen LogP contribution in [0.15, 0.2) is 188 Å². The maximum atomic E-state index is 3.91. The van der Waals surface area contributed by atoms with Crippen LogP contribution >= 0.6 is 0 Å². The van der Waals surface area contributed by atoms with Crippen LogP contribution in [0.4, 0.5) is 0 Å². The van der Waals surface area contributed by atoms with E-state index < -0.39 is 5.41 Å². The quantitative estimate of drug-likeness (QED) is 0.171. The summed E-state index contributed by atoms with van der Waals surface area (Å²) >= 11 is 0. The van der Waals surface area contributed by atoms with E-state index in [1.165, 1.54) is 61.2 Å². The molecule has 3 nitrogen and oxygen atoms in total. The highest BCUT2D eigenvalue weighted by Crippen LogP contribution is 2.56. The van der Waals surface area contributed by atoms with Crippen molar-refractivity contribution in [2.24, 2.45) is 0 Å². The van der Waals surface area contributed by atoms with E-state index in [4.69, 9.17) is 0 Å². The van der Waals surface area contributed by atoms with Gasteiger partial charge in [0.1, 0.15) is 0 Å². The number of benzene rings is 7. The van der Waals surface area contributed by atoms with Crippen molar-refractivity contribution in [2.75, 3.05) is 0 Å². The normalized spacial score (nSPS) is 19.1. The van der Waals surface area contributed by atoms with Crippen LogP contribution in [-0.4, -0.2) is 0 Å². The van der Waals surface area contributed by atoms with E-state index >= 15 is 0 Å². The third kappa shape index (κ3) is 5.03. The molecule has 7 aromatic rings. The van der Waals surface area contributed by atoms with Crippen molar-refractivity contribution in [3.63, 3.8) is 0 Å². The highest BCUT2D eigenvalue weighted by atomic mass is 15.4.